The molecule has 7 nitrogen and oxygen atoms in total. The standard InChI is InChI=1S/C40H18N6O/c1-44-31-19-23(20-41)29(21-42)38(30(31)22-43)46-33-14-8-6-12-28(33)37-35(46)18-16-26-25-15-17-34-36(39(25)47-40(26)37)27-11-5-7-13-32(27)45(34)24-9-3-2-4-10-24/h2-19H. The van der Waals surface area contributed by atoms with Crippen molar-refractivity contribution in [1.82, 2.24) is 9.13 Å². The molecule has 0 fully saturated rings. The summed E-state index contributed by atoms with van der Waals surface area (Å²) in [6.45, 7) is 7.74. The molecule has 0 aliphatic carbocycles. The molecule has 0 unspecified atom stereocenters. The lowest BCUT2D eigenvalue weighted by atomic mass is 10.00. The molecule has 6 aromatic carbocycles. The van der Waals surface area contributed by atoms with E-state index in [9.17, 15) is 15.8 Å². The van der Waals surface area contributed by atoms with E-state index in [1.807, 2.05) is 71.3 Å². The van der Waals surface area contributed by atoms with E-state index in [0.717, 1.165) is 60.1 Å². The summed E-state index contributed by atoms with van der Waals surface area (Å²) in [5.41, 5.74) is 6.38. The van der Waals surface area contributed by atoms with Crippen LogP contribution in [0.5, 0.6) is 0 Å². The predicted octanol–water partition coefficient (Wildman–Crippen LogP) is 9.95. The smallest absolute Gasteiger partial charge is 0.208 e. The van der Waals surface area contributed by atoms with Crippen LogP contribution in [0.15, 0.2) is 114 Å². The molecular formula is C40H18N6O. The van der Waals surface area contributed by atoms with Gasteiger partial charge >= 0.3 is 0 Å². The van der Waals surface area contributed by atoms with E-state index >= 15 is 0 Å². The van der Waals surface area contributed by atoms with Crippen molar-refractivity contribution < 1.29 is 4.42 Å². The van der Waals surface area contributed by atoms with Crippen LogP contribution in [-0.2, 0) is 0 Å². The Morgan fingerprint density at radius 1 is 0.553 bits per heavy atom. The predicted molar refractivity (Wildman–Crippen MR) is 183 cm³/mol. The number of hydrogen-bond acceptors (Lipinski definition) is 4. The normalized spacial score (nSPS) is 11.3. The highest BCUT2D eigenvalue weighted by Crippen LogP contribution is 2.45. The Hall–Kier alpha value is -7.32. The Kier molecular flexibility index (Phi) is 5.33. The summed E-state index contributed by atoms with van der Waals surface area (Å²) in [5.74, 6) is 0. The van der Waals surface area contributed by atoms with E-state index in [4.69, 9.17) is 11.0 Å². The van der Waals surface area contributed by atoms with Crippen molar-refractivity contribution in [1.29, 1.82) is 15.8 Å². The number of aromatic nitrogens is 2. The van der Waals surface area contributed by atoms with Gasteiger partial charge in [-0.2, -0.15) is 15.8 Å². The van der Waals surface area contributed by atoms with Crippen LogP contribution >= 0.6 is 0 Å². The number of nitriles is 3. The van der Waals surface area contributed by atoms with E-state index < -0.39 is 0 Å². The molecule has 0 radical (unpaired) electrons. The molecule has 0 atom stereocenters. The first-order chi connectivity index (χ1) is 23.2. The summed E-state index contributed by atoms with van der Waals surface area (Å²) in [6, 6.07) is 42.2. The lowest BCUT2D eigenvalue weighted by Gasteiger charge is -2.14. The number of benzene rings is 6. The van der Waals surface area contributed by atoms with E-state index in [0.29, 0.717) is 11.1 Å². The van der Waals surface area contributed by atoms with Crippen LogP contribution in [0.4, 0.5) is 5.69 Å². The molecule has 0 aliphatic heterocycles. The molecular weight excluding hydrogens is 580 g/mol. The molecule has 0 aliphatic rings. The summed E-state index contributed by atoms with van der Waals surface area (Å²) in [7, 11) is 0. The Bertz CT molecular complexity index is 2950. The average molecular weight is 599 g/mol. The molecule has 47 heavy (non-hydrogen) atoms. The highest BCUT2D eigenvalue weighted by Gasteiger charge is 2.26. The molecule has 0 saturated carbocycles. The number of furan rings is 1. The van der Waals surface area contributed by atoms with Gasteiger partial charge < -0.3 is 13.6 Å². The lowest BCUT2D eigenvalue weighted by molar-refractivity contribution is 0.677. The summed E-state index contributed by atoms with van der Waals surface area (Å²) in [5, 5.41) is 36.1. The molecule has 214 valence electrons. The molecule has 3 heterocycles. The van der Waals surface area contributed by atoms with Gasteiger partial charge in [-0.15, -0.1) is 0 Å². The van der Waals surface area contributed by atoms with Gasteiger partial charge in [-0.05, 0) is 54.6 Å². The minimum Gasteiger partial charge on any atom is -0.455 e. The van der Waals surface area contributed by atoms with Crippen molar-refractivity contribution in [2.45, 2.75) is 0 Å². The lowest BCUT2D eigenvalue weighted by Crippen LogP contribution is -2.03. The van der Waals surface area contributed by atoms with Gasteiger partial charge in [0, 0.05) is 27.2 Å². The Balaban J connectivity index is 1.47. The van der Waals surface area contributed by atoms with Crippen molar-refractivity contribution in [2.75, 3.05) is 0 Å². The Morgan fingerprint density at radius 3 is 1.68 bits per heavy atom. The van der Waals surface area contributed by atoms with Gasteiger partial charge in [0.1, 0.15) is 17.2 Å². The van der Waals surface area contributed by atoms with Gasteiger partial charge in [0.05, 0.1) is 73.9 Å². The molecule has 7 heteroatoms. The monoisotopic (exact) mass is 598 g/mol. The van der Waals surface area contributed by atoms with Gasteiger partial charge in [-0.25, -0.2) is 4.85 Å². The Morgan fingerprint density at radius 2 is 1.11 bits per heavy atom. The van der Waals surface area contributed by atoms with Crippen molar-refractivity contribution in [3.63, 3.8) is 0 Å². The number of para-hydroxylation sites is 3. The summed E-state index contributed by atoms with van der Waals surface area (Å²) >= 11 is 0. The van der Waals surface area contributed by atoms with Crippen LogP contribution in [0.3, 0.4) is 0 Å². The fourth-order valence-corrected chi connectivity index (χ4v) is 7.17. The van der Waals surface area contributed by atoms with Gasteiger partial charge in [0.15, 0.2) is 0 Å². The van der Waals surface area contributed by atoms with E-state index in [1.165, 1.54) is 6.07 Å². The van der Waals surface area contributed by atoms with Gasteiger partial charge in [-0.1, -0.05) is 54.6 Å². The molecule has 0 saturated heterocycles. The summed E-state index contributed by atoms with van der Waals surface area (Å²) in [6.07, 6.45) is 0. The third kappa shape index (κ3) is 3.35. The summed E-state index contributed by atoms with van der Waals surface area (Å²) in [4.78, 5) is 3.55. The number of hydrogen-bond donors (Lipinski definition) is 0. The molecule has 0 bridgehead atoms. The second kappa shape index (κ2) is 9.59. The van der Waals surface area contributed by atoms with Crippen molar-refractivity contribution >= 4 is 71.2 Å². The third-order valence-corrected chi connectivity index (χ3v) is 9.06. The second-order valence-corrected chi connectivity index (χ2v) is 11.3. The van der Waals surface area contributed by atoms with E-state index in [-0.39, 0.29) is 28.1 Å². The minimum atomic E-state index is 0.0194. The van der Waals surface area contributed by atoms with Gasteiger partial charge in [0.2, 0.25) is 5.69 Å². The first-order valence-electron chi connectivity index (χ1n) is 14.8. The number of fused-ring (bicyclic) bond motifs is 11. The highest BCUT2D eigenvalue weighted by molar-refractivity contribution is 6.29. The van der Waals surface area contributed by atoms with Crippen LogP contribution in [-0.4, -0.2) is 9.13 Å². The molecule has 0 N–H and O–H groups in total. The molecule has 3 aromatic heterocycles. The largest absolute Gasteiger partial charge is 0.455 e. The maximum absolute atomic E-state index is 10.3. The minimum absolute atomic E-state index is 0.0194. The van der Waals surface area contributed by atoms with Crippen LogP contribution in [0.25, 0.3) is 81.8 Å². The van der Waals surface area contributed by atoms with Gasteiger partial charge in [0.25, 0.3) is 0 Å². The van der Waals surface area contributed by atoms with E-state index in [1.54, 1.807) is 0 Å². The van der Waals surface area contributed by atoms with Crippen LogP contribution in [0.2, 0.25) is 0 Å². The zero-order valence-electron chi connectivity index (χ0n) is 24.5. The topological polar surface area (TPSA) is 98.7 Å². The first kappa shape index (κ1) is 26.1. The number of nitrogens with zero attached hydrogens (tertiary/aromatic N) is 6. The third-order valence-electron chi connectivity index (χ3n) is 9.06. The average Bonchev–Trinajstić information content (AvgIpc) is 3.78. The maximum Gasteiger partial charge on any atom is 0.208 e. The van der Waals surface area contributed by atoms with Crippen molar-refractivity contribution in [3.8, 4) is 29.6 Å². The summed E-state index contributed by atoms with van der Waals surface area (Å²) < 4.78 is 11.0. The zero-order chi connectivity index (χ0) is 31.8. The van der Waals surface area contributed by atoms with E-state index in [2.05, 4.69) is 64.0 Å². The molecule has 9 aromatic rings. The second-order valence-electron chi connectivity index (χ2n) is 11.3. The van der Waals surface area contributed by atoms with Crippen LogP contribution in [0.1, 0.15) is 16.7 Å². The fourth-order valence-electron chi connectivity index (χ4n) is 7.17. The molecule has 0 spiro atoms. The fraction of sp³-hybridized carbons (Fsp3) is 0. The van der Waals surface area contributed by atoms with Crippen molar-refractivity contribution in [2.24, 2.45) is 0 Å². The van der Waals surface area contributed by atoms with Crippen molar-refractivity contribution in [3.05, 3.63) is 137 Å². The van der Waals surface area contributed by atoms with Gasteiger partial charge in [-0.3, -0.25) is 0 Å². The SMILES string of the molecule is [C-]#[N+]c1cc(C#N)c(C#N)c(-n2c3ccccc3c3c4oc5c(ccc6c5c5ccccc5n6-c5ccccc5)c4ccc32)c1C#N. The Labute approximate surface area is 267 Å². The first-order valence-corrected chi connectivity index (χ1v) is 14.8. The zero-order valence-corrected chi connectivity index (χ0v) is 24.5. The maximum atomic E-state index is 10.3. The molecule has 0 amide bonds. The van der Waals surface area contributed by atoms with Crippen LogP contribution < -0.4 is 0 Å². The quantitative estimate of drug-likeness (QED) is 0.185. The number of rotatable bonds is 2. The molecule has 9 rings (SSSR count). The highest BCUT2D eigenvalue weighted by atomic mass is 16.3. The van der Waals surface area contributed by atoms with Crippen LogP contribution in [0, 0.1) is 40.6 Å².